The molecule has 0 saturated carbocycles. The summed E-state index contributed by atoms with van der Waals surface area (Å²) in [4.78, 5) is 28.1. The molecule has 2 aromatic carbocycles. The molecule has 0 bridgehead atoms. The van der Waals surface area contributed by atoms with Gasteiger partial charge in [0.05, 0.1) is 17.8 Å². The third kappa shape index (κ3) is 4.85. The molecule has 1 atom stereocenters. The fourth-order valence-corrected chi connectivity index (χ4v) is 2.75. The molecule has 28 heavy (non-hydrogen) atoms. The van der Waals surface area contributed by atoms with Crippen molar-refractivity contribution in [3.63, 3.8) is 0 Å². The Morgan fingerprint density at radius 3 is 2.43 bits per heavy atom. The summed E-state index contributed by atoms with van der Waals surface area (Å²) in [6, 6.07) is 14.6. The molecular weight excluding hydrogens is 356 g/mol. The molecule has 1 heterocycles. The fourth-order valence-electron chi connectivity index (χ4n) is 2.75. The van der Waals surface area contributed by atoms with E-state index in [0.29, 0.717) is 11.3 Å². The summed E-state index contributed by atoms with van der Waals surface area (Å²) in [7, 11) is 0. The van der Waals surface area contributed by atoms with Crippen LogP contribution in [0.2, 0.25) is 0 Å². The summed E-state index contributed by atoms with van der Waals surface area (Å²) in [5.74, 6) is -0.293. The van der Waals surface area contributed by atoms with Gasteiger partial charge in [0.25, 0.3) is 5.91 Å². The molecule has 0 aliphatic carbocycles. The van der Waals surface area contributed by atoms with Crippen LogP contribution in [-0.2, 0) is 16.0 Å². The molecule has 3 rings (SSSR count). The van der Waals surface area contributed by atoms with Crippen LogP contribution in [-0.4, -0.2) is 23.5 Å². The standard InChI is InChI=1S/C22H22N2O4/c1-3-16-4-6-17(7-5-16)15(2)24-21(25)13-27-22(26)19-10-8-18(9-11-19)20-12-23-14-28-20/h4-12,14-15H,3,13H2,1-2H3,(H,24,25). The highest BCUT2D eigenvalue weighted by molar-refractivity contribution is 5.91. The molecule has 0 aliphatic rings. The van der Waals surface area contributed by atoms with Crippen LogP contribution in [0.3, 0.4) is 0 Å². The molecule has 0 spiro atoms. The molecular formula is C22H22N2O4. The smallest absolute Gasteiger partial charge is 0.338 e. The zero-order chi connectivity index (χ0) is 19.9. The number of esters is 1. The first-order valence-corrected chi connectivity index (χ1v) is 9.11. The maximum absolute atomic E-state index is 12.1. The van der Waals surface area contributed by atoms with E-state index in [1.807, 2.05) is 31.2 Å². The molecule has 0 fully saturated rings. The minimum atomic E-state index is -0.556. The number of carbonyl (C=O) groups excluding carboxylic acids is 2. The van der Waals surface area contributed by atoms with Crippen LogP contribution < -0.4 is 5.32 Å². The second-order valence-electron chi connectivity index (χ2n) is 6.40. The number of aromatic nitrogens is 1. The summed E-state index contributed by atoms with van der Waals surface area (Å²) >= 11 is 0. The summed E-state index contributed by atoms with van der Waals surface area (Å²) in [5.41, 5.74) is 3.40. The highest BCUT2D eigenvalue weighted by Crippen LogP contribution is 2.19. The normalized spacial score (nSPS) is 11.6. The molecule has 144 valence electrons. The average Bonchev–Trinajstić information content (AvgIpc) is 3.27. The predicted molar refractivity (Wildman–Crippen MR) is 105 cm³/mol. The molecule has 6 nitrogen and oxygen atoms in total. The highest BCUT2D eigenvalue weighted by Gasteiger charge is 2.13. The maximum Gasteiger partial charge on any atom is 0.338 e. The number of nitrogens with one attached hydrogen (secondary N) is 1. The first-order chi connectivity index (χ1) is 13.6. The van der Waals surface area contributed by atoms with Gasteiger partial charge in [0, 0.05) is 5.56 Å². The number of benzene rings is 2. The van der Waals surface area contributed by atoms with Crippen molar-refractivity contribution in [1.29, 1.82) is 0 Å². The lowest BCUT2D eigenvalue weighted by molar-refractivity contribution is -0.124. The Balaban J connectivity index is 1.50. The van der Waals surface area contributed by atoms with Crippen LogP contribution in [0.4, 0.5) is 0 Å². The number of hydrogen-bond donors (Lipinski definition) is 1. The Morgan fingerprint density at radius 1 is 1.11 bits per heavy atom. The van der Waals surface area contributed by atoms with E-state index in [4.69, 9.17) is 9.15 Å². The largest absolute Gasteiger partial charge is 0.452 e. The molecule has 1 unspecified atom stereocenters. The van der Waals surface area contributed by atoms with Gasteiger partial charge in [0.2, 0.25) is 0 Å². The lowest BCUT2D eigenvalue weighted by Crippen LogP contribution is -2.31. The van der Waals surface area contributed by atoms with Crippen LogP contribution >= 0.6 is 0 Å². The Labute approximate surface area is 163 Å². The minimum Gasteiger partial charge on any atom is -0.452 e. The number of carbonyl (C=O) groups is 2. The van der Waals surface area contributed by atoms with Gasteiger partial charge in [0.1, 0.15) is 0 Å². The molecule has 0 aliphatic heterocycles. The Hall–Kier alpha value is -3.41. The van der Waals surface area contributed by atoms with E-state index in [-0.39, 0.29) is 18.6 Å². The van der Waals surface area contributed by atoms with Crippen molar-refractivity contribution in [2.45, 2.75) is 26.3 Å². The van der Waals surface area contributed by atoms with Crippen molar-refractivity contribution in [2.24, 2.45) is 0 Å². The Bertz CT molecular complexity index is 916. The molecule has 1 N–H and O–H groups in total. The van der Waals surface area contributed by atoms with Gasteiger partial charge in [-0.1, -0.05) is 43.3 Å². The third-order valence-electron chi connectivity index (χ3n) is 4.44. The van der Waals surface area contributed by atoms with E-state index in [0.717, 1.165) is 17.5 Å². The fraction of sp³-hybridized carbons (Fsp3) is 0.227. The van der Waals surface area contributed by atoms with E-state index in [2.05, 4.69) is 17.2 Å². The Morgan fingerprint density at radius 2 is 1.82 bits per heavy atom. The number of hydrogen-bond acceptors (Lipinski definition) is 5. The van der Waals surface area contributed by atoms with Crippen molar-refractivity contribution < 1.29 is 18.7 Å². The second kappa shape index (κ2) is 8.99. The second-order valence-corrected chi connectivity index (χ2v) is 6.40. The van der Waals surface area contributed by atoms with Gasteiger partial charge in [-0.15, -0.1) is 0 Å². The van der Waals surface area contributed by atoms with Gasteiger partial charge in [-0.2, -0.15) is 0 Å². The van der Waals surface area contributed by atoms with Crippen LogP contribution in [0.5, 0.6) is 0 Å². The van der Waals surface area contributed by atoms with E-state index < -0.39 is 5.97 Å². The average molecular weight is 378 g/mol. The van der Waals surface area contributed by atoms with Gasteiger partial charge in [-0.25, -0.2) is 9.78 Å². The molecule has 6 heteroatoms. The van der Waals surface area contributed by atoms with Crippen molar-refractivity contribution in [3.8, 4) is 11.3 Å². The van der Waals surface area contributed by atoms with Gasteiger partial charge < -0.3 is 14.5 Å². The van der Waals surface area contributed by atoms with Crippen LogP contribution in [0.1, 0.15) is 41.4 Å². The number of nitrogens with zero attached hydrogens (tertiary/aromatic N) is 1. The number of rotatable bonds is 7. The predicted octanol–water partition coefficient (Wildman–Crippen LogP) is 3.94. The van der Waals surface area contributed by atoms with E-state index in [1.54, 1.807) is 30.5 Å². The van der Waals surface area contributed by atoms with Crippen LogP contribution in [0.15, 0.2) is 65.5 Å². The molecule has 0 radical (unpaired) electrons. The van der Waals surface area contributed by atoms with Gasteiger partial charge in [-0.3, -0.25) is 4.79 Å². The number of amides is 1. The first-order valence-electron chi connectivity index (χ1n) is 9.11. The zero-order valence-corrected chi connectivity index (χ0v) is 15.8. The molecule has 1 aromatic heterocycles. The lowest BCUT2D eigenvalue weighted by Gasteiger charge is -2.15. The maximum atomic E-state index is 12.1. The summed E-state index contributed by atoms with van der Waals surface area (Å²) in [6.45, 7) is 3.65. The number of aryl methyl sites for hydroxylation is 1. The molecule has 3 aromatic rings. The van der Waals surface area contributed by atoms with E-state index in [1.165, 1.54) is 12.0 Å². The summed E-state index contributed by atoms with van der Waals surface area (Å²) in [5, 5.41) is 2.83. The highest BCUT2D eigenvalue weighted by atomic mass is 16.5. The Kier molecular flexibility index (Phi) is 6.22. The van der Waals surface area contributed by atoms with E-state index in [9.17, 15) is 9.59 Å². The van der Waals surface area contributed by atoms with Crippen molar-refractivity contribution in [2.75, 3.05) is 6.61 Å². The summed E-state index contributed by atoms with van der Waals surface area (Å²) < 4.78 is 10.3. The third-order valence-corrected chi connectivity index (χ3v) is 4.44. The van der Waals surface area contributed by atoms with Crippen molar-refractivity contribution >= 4 is 11.9 Å². The SMILES string of the molecule is CCc1ccc(C(C)NC(=O)COC(=O)c2ccc(-c3cnco3)cc2)cc1. The first kappa shape index (κ1) is 19.4. The van der Waals surface area contributed by atoms with Crippen molar-refractivity contribution in [1.82, 2.24) is 10.3 Å². The van der Waals surface area contributed by atoms with Crippen LogP contribution in [0, 0.1) is 0 Å². The number of oxazole rings is 1. The molecule has 0 saturated heterocycles. The topological polar surface area (TPSA) is 81.4 Å². The van der Waals surface area contributed by atoms with Crippen molar-refractivity contribution in [3.05, 3.63) is 77.8 Å². The lowest BCUT2D eigenvalue weighted by atomic mass is 10.1. The van der Waals surface area contributed by atoms with E-state index >= 15 is 0 Å². The summed E-state index contributed by atoms with van der Waals surface area (Å²) in [6.07, 6.45) is 3.90. The van der Waals surface area contributed by atoms with Gasteiger partial charge in [-0.05, 0) is 36.6 Å². The van der Waals surface area contributed by atoms with Crippen LogP contribution in [0.25, 0.3) is 11.3 Å². The van der Waals surface area contributed by atoms with Gasteiger partial charge >= 0.3 is 5.97 Å². The quantitative estimate of drug-likeness (QED) is 0.630. The van der Waals surface area contributed by atoms with Gasteiger partial charge in [0.15, 0.2) is 18.8 Å². The monoisotopic (exact) mass is 378 g/mol. The number of ether oxygens (including phenoxy) is 1. The minimum absolute atomic E-state index is 0.168. The zero-order valence-electron chi connectivity index (χ0n) is 15.8. The molecule has 1 amide bonds.